The molecule has 1 unspecified atom stereocenters. The average molecular weight is 470 g/mol. The maximum absolute atomic E-state index is 11.9. The molecule has 1 aromatic heterocycles. The van der Waals surface area contributed by atoms with Gasteiger partial charge in [0.1, 0.15) is 0 Å². The lowest BCUT2D eigenvalue weighted by Gasteiger charge is -2.39. The van der Waals surface area contributed by atoms with Crippen LogP contribution in [-0.4, -0.2) is 34.8 Å². The second kappa shape index (κ2) is 8.41. The zero-order chi connectivity index (χ0) is 23.5. The van der Waals surface area contributed by atoms with E-state index in [2.05, 4.69) is 39.0 Å². The summed E-state index contributed by atoms with van der Waals surface area (Å²) >= 11 is 0. The van der Waals surface area contributed by atoms with Gasteiger partial charge in [0.2, 0.25) is 0 Å². The maximum Gasteiger partial charge on any atom is 0.335 e. The molecule has 2 N–H and O–H groups in total. The van der Waals surface area contributed by atoms with Gasteiger partial charge < -0.3 is 19.9 Å². The molecule has 5 heteroatoms. The quantitative estimate of drug-likeness (QED) is 0.460. The normalized spacial score (nSPS) is 22.4. The second-order valence-corrected chi connectivity index (χ2v) is 11.2. The third-order valence-corrected chi connectivity index (χ3v) is 9.20. The Bertz CT molecular complexity index is 1300. The summed E-state index contributed by atoms with van der Waals surface area (Å²) in [6.45, 7) is 2.95. The van der Waals surface area contributed by atoms with Gasteiger partial charge in [-0.2, -0.15) is 0 Å². The van der Waals surface area contributed by atoms with Gasteiger partial charge in [-0.3, -0.25) is 0 Å². The highest BCUT2D eigenvalue weighted by atomic mass is 16.4. The minimum absolute atomic E-state index is 0.386. The fourth-order valence-corrected chi connectivity index (χ4v) is 7.25. The molecule has 7 rings (SSSR count). The summed E-state index contributed by atoms with van der Waals surface area (Å²) in [6, 6.07) is 13.9. The first-order valence-electron chi connectivity index (χ1n) is 13.7. The van der Waals surface area contributed by atoms with Crippen molar-refractivity contribution in [2.45, 2.75) is 82.3 Å². The molecule has 182 valence electrons. The lowest BCUT2D eigenvalue weighted by atomic mass is 9.81. The third kappa shape index (κ3) is 3.42. The highest BCUT2D eigenvalue weighted by Crippen LogP contribution is 2.50. The Morgan fingerprint density at radius 2 is 1.77 bits per heavy atom. The molecule has 2 fully saturated rings. The molecule has 0 radical (unpaired) electrons. The van der Waals surface area contributed by atoms with Gasteiger partial charge in [0.05, 0.1) is 16.9 Å². The van der Waals surface area contributed by atoms with Crippen molar-refractivity contribution in [1.82, 2.24) is 9.88 Å². The van der Waals surface area contributed by atoms with Crippen molar-refractivity contribution in [2.24, 2.45) is 0 Å². The van der Waals surface area contributed by atoms with Crippen molar-refractivity contribution in [2.75, 3.05) is 18.0 Å². The largest absolute Gasteiger partial charge is 0.478 e. The fourth-order valence-electron chi connectivity index (χ4n) is 7.25. The Morgan fingerprint density at radius 3 is 2.54 bits per heavy atom. The van der Waals surface area contributed by atoms with Gasteiger partial charge in [0, 0.05) is 48.2 Å². The fraction of sp³-hybridized carbons (Fsp3) is 0.500. The number of carboxylic acids is 1. The summed E-state index contributed by atoms with van der Waals surface area (Å²) in [6.07, 6.45) is 11.5. The molecule has 1 atom stereocenters. The van der Waals surface area contributed by atoms with Crippen LogP contribution in [-0.2, 0) is 6.54 Å². The van der Waals surface area contributed by atoms with Crippen LogP contribution in [0, 0.1) is 0 Å². The standard InChI is InChI=1S/C30H35N3O2/c34-30(35)20-12-13-23-26(18-20)33-17-16-32-15-14-25(31-21-8-4-9-21)22-10-5-11-24(28(22)32)29(33)27(23)19-6-2-1-3-7-19/h5,10-13,18-19,21,25,31H,1-4,6-9,14-17H2,(H,34,35). The van der Waals surface area contributed by atoms with Crippen LogP contribution in [0.5, 0.6) is 0 Å². The summed E-state index contributed by atoms with van der Waals surface area (Å²) in [5, 5.41) is 15.0. The number of carbonyl (C=O) groups is 1. The van der Waals surface area contributed by atoms with Crippen LogP contribution in [0.15, 0.2) is 36.4 Å². The SMILES string of the molecule is O=C(O)c1ccc2c(C3CCCCC3)c3n(c2c1)CCN1CCC(NC2CCC2)c2cccc-3c21. The van der Waals surface area contributed by atoms with E-state index < -0.39 is 5.97 Å². The monoisotopic (exact) mass is 469 g/mol. The smallest absolute Gasteiger partial charge is 0.335 e. The van der Waals surface area contributed by atoms with Gasteiger partial charge in [-0.1, -0.05) is 49.9 Å². The number of benzene rings is 2. The van der Waals surface area contributed by atoms with E-state index in [1.54, 1.807) is 0 Å². The van der Waals surface area contributed by atoms with E-state index in [1.165, 1.54) is 84.8 Å². The van der Waals surface area contributed by atoms with Crippen molar-refractivity contribution < 1.29 is 9.90 Å². The molecule has 2 aromatic carbocycles. The van der Waals surface area contributed by atoms with Gasteiger partial charge in [0.25, 0.3) is 0 Å². The van der Waals surface area contributed by atoms with E-state index in [-0.39, 0.29) is 0 Å². The average Bonchev–Trinajstić information content (AvgIpc) is 3.09. The topological polar surface area (TPSA) is 57.5 Å². The Balaban J connectivity index is 1.45. The summed E-state index contributed by atoms with van der Waals surface area (Å²) < 4.78 is 2.47. The molecule has 0 amide bonds. The van der Waals surface area contributed by atoms with Crippen LogP contribution in [0.1, 0.15) is 91.2 Å². The first kappa shape index (κ1) is 21.5. The number of hydrogen-bond donors (Lipinski definition) is 2. The van der Waals surface area contributed by atoms with E-state index >= 15 is 0 Å². The molecule has 3 heterocycles. The Kier molecular flexibility index (Phi) is 5.16. The van der Waals surface area contributed by atoms with Gasteiger partial charge in [-0.05, 0) is 61.3 Å². The minimum Gasteiger partial charge on any atom is -0.478 e. The van der Waals surface area contributed by atoms with E-state index in [0.717, 1.165) is 31.6 Å². The molecule has 5 nitrogen and oxygen atoms in total. The molecule has 2 aliphatic carbocycles. The Labute approximate surface area is 207 Å². The van der Waals surface area contributed by atoms with E-state index in [9.17, 15) is 9.90 Å². The molecular formula is C30H35N3O2. The summed E-state index contributed by atoms with van der Waals surface area (Å²) in [7, 11) is 0. The number of hydrogen-bond acceptors (Lipinski definition) is 3. The van der Waals surface area contributed by atoms with Crippen LogP contribution in [0.4, 0.5) is 5.69 Å². The molecule has 4 aliphatic rings. The molecule has 0 saturated heterocycles. The van der Waals surface area contributed by atoms with Gasteiger partial charge in [0.15, 0.2) is 0 Å². The summed E-state index contributed by atoms with van der Waals surface area (Å²) in [5.74, 6) is -0.296. The predicted octanol–water partition coefficient (Wildman–Crippen LogP) is 6.46. The van der Waals surface area contributed by atoms with Crippen LogP contribution < -0.4 is 10.2 Å². The lowest BCUT2D eigenvalue weighted by Crippen LogP contribution is -2.42. The molecule has 3 aromatic rings. The van der Waals surface area contributed by atoms with E-state index in [4.69, 9.17) is 0 Å². The van der Waals surface area contributed by atoms with Crippen molar-refractivity contribution >= 4 is 22.6 Å². The predicted molar refractivity (Wildman–Crippen MR) is 141 cm³/mol. The zero-order valence-electron chi connectivity index (χ0n) is 20.4. The first-order valence-corrected chi connectivity index (χ1v) is 13.7. The number of anilines is 1. The van der Waals surface area contributed by atoms with Crippen LogP contribution in [0.25, 0.3) is 22.2 Å². The number of nitrogens with zero attached hydrogens (tertiary/aromatic N) is 2. The van der Waals surface area contributed by atoms with E-state index in [0.29, 0.717) is 23.6 Å². The minimum atomic E-state index is -0.845. The van der Waals surface area contributed by atoms with Crippen LogP contribution in [0.3, 0.4) is 0 Å². The second-order valence-electron chi connectivity index (χ2n) is 11.2. The number of aromatic carboxylic acids is 1. The number of fused-ring (bicyclic) bond motifs is 4. The van der Waals surface area contributed by atoms with Crippen molar-refractivity contribution in [1.29, 1.82) is 0 Å². The van der Waals surface area contributed by atoms with Crippen molar-refractivity contribution in [3.8, 4) is 11.3 Å². The molecule has 0 spiro atoms. The molecule has 35 heavy (non-hydrogen) atoms. The maximum atomic E-state index is 11.9. The highest BCUT2D eigenvalue weighted by molar-refractivity contribution is 6.00. The third-order valence-electron chi connectivity index (χ3n) is 9.20. The number of para-hydroxylation sites is 1. The summed E-state index contributed by atoms with van der Waals surface area (Å²) in [4.78, 5) is 14.5. The molecular weight excluding hydrogens is 434 g/mol. The van der Waals surface area contributed by atoms with Crippen molar-refractivity contribution in [3.63, 3.8) is 0 Å². The van der Waals surface area contributed by atoms with Gasteiger partial charge in [-0.15, -0.1) is 0 Å². The molecule has 0 bridgehead atoms. The van der Waals surface area contributed by atoms with Crippen LogP contribution in [0.2, 0.25) is 0 Å². The highest BCUT2D eigenvalue weighted by Gasteiger charge is 2.35. The summed E-state index contributed by atoms with van der Waals surface area (Å²) in [5.41, 5.74) is 8.56. The number of carboxylic acid groups (broad SMARTS) is 1. The molecule has 2 saturated carbocycles. The van der Waals surface area contributed by atoms with E-state index in [1.807, 2.05) is 12.1 Å². The molecule has 2 aliphatic heterocycles. The number of rotatable bonds is 4. The van der Waals surface area contributed by atoms with Crippen molar-refractivity contribution in [3.05, 3.63) is 53.1 Å². The Hall–Kier alpha value is -2.79. The first-order chi connectivity index (χ1) is 17.2. The van der Waals surface area contributed by atoms with Crippen LogP contribution >= 0.6 is 0 Å². The van der Waals surface area contributed by atoms with Gasteiger partial charge >= 0.3 is 5.97 Å². The Morgan fingerprint density at radius 1 is 0.914 bits per heavy atom. The lowest BCUT2D eigenvalue weighted by molar-refractivity contribution is 0.0697. The number of nitrogens with one attached hydrogen (secondary N) is 1. The van der Waals surface area contributed by atoms with Gasteiger partial charge in [-0.25, -0.2) is 4.79 Å². The zero-order valence-corrected chi connectivity index (χ0v) is 20.4. The number of aromatic nitrogens is 1.